The highest BCUT2D eigenvalue weighted by Gasteiger charge is 2.04. The Morgan fingerprint density at radius 2 is 1.75 bits per heavy atom. The third kappa shape index (κ3) is 5.84. The minimum absolute atomic E-state index is 0.408. The summed E-state index contributed by atoms with van der Waals surface area (Å²) in [5.74, 6) is 0.408. The predicted molar refractivity (Wildman–Crippen MR) is 115 cm³/mol. The van der Waals surface area contributed by atoms with Gasteiger partial charge in [0.1, 0.15) is 0 Å². The Hall–Kier alpha value is -3.34. The van der Waals surface area contributed by atoms with Gasteiger partial charge in [0.25, 0.3) is 0 Å². The average molecular weight is 389 g/mol. The first-order chi connectivity index (χ1) is 13.9. The van der Waals surface area contributed by atoms with Gasteiger partial charge in [0.15, 0.2) is 6.19 Å². The first kappa shape index (κ1) is 19.4. The number of benzene rings is 2. The van der Waals surface area contributed by atoms with Gasteiger partial charge >= 0.3 is 0 Å². The van der Waals surface area contributed by atoms with Crippen molar-refractivity contribution in [2.24, 2.45) is 4.99 Å². The average Bonchev–Trinajstić information content (AvgIpc) is 2.75. The second kappa shape index (κ2) is 10.7. The van der Waals surface area contributed by atoms with Crippen LogP contribution < -0.4 is 15.4 Å². The molecule has 0 spiro atoms. The van der Waals surface area contributed by atoms with Crippen LogP contribution in [0.15, 0.2) is 89.0 Å². The van der Waals surface area contributed by atoms with Gasteiger partial charge in [-0.2, -0.15) is 5.26 Å². The van der Waals surface area contributed by atoms with Crippen molar-refractivity contribution in [1.29, 1.82) is 5.26 Å². The van der Waals surface area contributed by atoms with E-state index in [0.717, 1.165) is 10.6 Å². The van der Waals surface area contributed by atoms with Crippen LogP contribution in [0.1, 0.15) is 0 Å². The fraction of sp³-hybridized carbons (Fsp3) is 0.0952. The Morgan fingerprint density at radius 3 is 2.54 bits per heavy atom. The van der Waals surface area contributed by atoms with Gasteiger partial charge in [-0.3, -0.25) is 20.0 Å². The summed E-state index contributed by atoms with van der Waals surface area (Å²) >= 11 is 1.58. The van der Waals surface area contributed by atoms with Crippen LogP contribution in [0.2, 0.25) is 0 Å². The molecule has 0 aliphatic heterocycles. The summed E-state index contributed by atoms with van der Waals surface area (Å²) in [6, 6.07) is 22.2. The van der Waals surface area contributed by atoms with Crippen molar-refractivity contribution >= 4 is 23.6 Å². The summed E-state index contributed by atoms with van der Waals surface area (Å²) in [5, 5.41) is 14.5. The van der Waals surface area contributed by atoms with Crippen LogP contribution in [0.25, 0.3) is 11.1 Å². The number of aromatic nitrogens is 1. The van der Waals surface area contributed by atoms with Crippen LogP contribution in [0.3, 0.4) is 0 Å². The van der Waals surface area contributed by atoms with Gasteiger partial charge in [-0.15, -0.1) is 0 Å². The van der Waals surface area contributed by atoms with Crippen molar-refractivity contribution in [3.8, 4) is 17.3 Å². The van der Waals surface area contributed by atoms with Gasteiger partial charge in [-0.05, 0) is 41.3 Å². The molecular weight excluding hydrogens is 368 g/mol. The molecule has 0 bridgehead atoms. The van der Waals surface area contributed by atoms with Crippen molar-refractivity contribution in [1.82, 2.24) is 15.0 Å². The van der Waals surface area contributed by atoms with E-state index in [-0.39, 0.29) is 0 Å². The lowest BCUT2D eigenvalue weighted by atomic mass is 10.1. The Kier molecular flexibility index (Phi) is 7.44. The molecule has 3 rings (SSSR count). The molecule has 0 saturated carbocycles. The number of nitrogens with one attached hydrogen (secondary N) is 3. The zero-order valence-electron chi connectivity index (χ0n) is 15.2. The van der Waals surface area contributed by atoms with Gasteiger partial charge in [0, 0.05) is 29.5 Å². The maximum atomic E-state index is 8.89. The molecule has 0 amide bonds. The Labute approximate surface area is 168 Å². The SMILES string of the molecule is N#CNC(=NCCNSc1ccccc1-c1ccccc1)Nc1ccncc1. The van der Waals surface area contributed by atoms with Gasteiger partial charge in [-0.1, -0.05) is 48.5 Å². The Morgan fingerprint density at radius 1 is 1.00 bits per heavy atom. The number of nitriles is 1. The molecule has 6 nitrogen and oxygen atoms in total. The first-order valence-electron chi connectivity index (χ1n) is 8.77. The molecule has 0 aliphatic rings. The summed E-state index contributed by atoms with van der Waals surface area (Å²) < 4.78 is 3.33. The molecule has 140 valence electrons. The summed E-state index contributed by atoms with van der Waals surface area (Å²) in [5.41, 5.74) is 3.19. The minimum atomic E-state index is 0.408. The largest absolute Gasteiger partial charge is 0.325 e. The van der Waals surface area contributed by atoms with Crippen molar-refractivity contribution in [2.75, 3.05) is 18.4 Å². The van der Waals surface area contributed by atoms with E-state index in [4.69, 9.17) is 5.26 Å². The zero-order chi connectivity index (χ0) is 19.4. The maximum absolute atomic E-state index is 8.89. The normalized spacial score (nSPS) is 10.9. The molecule has 1 heterocycles. The maximum Gasteiger partial charge on any atom is 0.209 e. The first-order valence-corrected chi connectivity index (χ1v) is 9.59. The van der Waals surface area contributed by atoms with E-state index >= 15 is 0 Å². The summed E-state index contributed by atoms with van der Waals surface area (Å²) in [6.45, 7) is 1.17. The van der Waals surface area contributed by atoms with E-state index in [0.29, 0.717) is 19.0 Å². The quantitative estimate of drug-likeness (QED) is 0.142. The van der Waals surface area contributed by atoms with E-state index in [1.807, 2.05) is 48.7 Å². The summed E-state index contributed by atoms with van der Waals surface area (Å²) in [7, 11) is 0. The highest BCUT2D eigenvalue weighted by atomic mass is 32.2. The third-order valence-corrected chi connectivity index (χ3v) is 4.68. The zero-order valence-corrected chi connectivity index (χ0v) is 16.0. The highest BCUT2D eigenvalue weighted by Crippen LogP contribution is 2.29. The molecule has 7 heteroatoms. The van der Waals surface area contributed by atoms with E-state index in [1.54, 1.807) is 24.3 Å². The van der Waals surface area contributed by atoms with Gasteiger partial charge < -0.3 is 5.32 Å². The molecule has 0 fully saturated rings. The fourth-order valence-corrected chi connectivity index (χ4v) is 3.28. The lowest BCUT2D eigenvalue weighted by Crippen LogP contribution is -2.27. The monoisotopic (exact) mass is 388 g/mol. The van der Waals surface area contributed by atoms with Gasteiger partial charge in [0.05, 0.1) is 6.54 Å². The van der Waals surface area contributed by atoms with Gasteiger partial charge in [0.2, 0.25) is 5.96 Å². The van der Waals surface area contributed by atoms with Crippen LogP contribution in [0, 0.1) is 11.5 Å². The van der Waals surface area contributed by atoms with Gasteiger partial charge in [-0.25, -0.2) is 0 Å². The predicted octanol–water partition coefficient (Wildman–Crippen LogP) is 3.88. The molecule has 0 unspecified atom stereocenters. The van der Waals surface area contributed by atoms with Crippen LogP contribution >= 0.6 is 11.9 Å². The highest BCUT2D eigenvalue weighted by molar-refractivity contribution is 7.97. The van der Waals surface area contributed by atoms with Crippen LogP contribution in [-0.4, -0.2) is 24.0 Å². The molecule has 2 aromatic carbocycles. The minimum Gasteiger partial charge on any atom is -0.325 e. The molecule has 0 radical (unpaired) electrons. The van der Waals surface area contributed by atoms with E-state index in [1.165, 1.54) is 11.1 Å². The smallest absolute Gasteiger partial charge is 0.209 e. The number of guanidine groups is 1. The van der Waals surface area contributed by atoms with Crippen LogP contribution in [0.4, 0.5) is 5.69 Å². The lowest BCUT2D eigenvalue weighted by Gasteiger charge is -2.10. The number of aliphatic imine (C=N–C) groups is 1. The van der Waals surface area contributed by atoms with Crippen molar-refractivity contribution < 1.29 is 0 Å². The van der Waals surface area contributed by atoms with E-state index in [9.17, 15) is 0 Å². The molecule has 0 aliphatic carbocycles. The number of hydrogen-bond donors (Lipinski definition) is 3. The number of hydrogen-bond acceptors (Lipinski definition) is 5. The molecule has 3 N–H and O–H groups in total. The van der Waals surface area contributed by atoms with E-state index in [2.05, 4.69) is 49.6 Å². The van der Waals surface area contributed by atoms with Crippen LogP contribution in [-0.2, 0) is 0 Å². The summed E-state index contributed by atoms with van der Waals surface area (Å²) in [4.78, 5) is 9.52. The topological polar surface area (TPSA) is 85.1 Å². The Balaban J connectivity index is 1.54. The third-order valence-electron chi connectivity index (χ3n) is 3.76. The molecule has 28 heavy (non-hydrogen) atoms. The number of anilines is 1. The molecule has 1 aromatic heterocycles. The second-order valence-corrected chi connectivity index (χ2v) is 6.62. The van der Waals surface area contributed by atoms with Crippen molar-refractivity contribution in [3.63, 3.8) is 0 Å². The Bertz CT molecular complexity index is 938. The lowest BCUT2D eigenvalue weighted by molar-refractivity contribution is 0.910. The van der Waals surface area contributed by atoms with Crippen LogP contribution in [0.5, 0.6) is 0 Å². The van der Waals surface area contributed by atoms with Crippen molar-refractivity contribution in [2.45, 2.75) is 4.90 Å². The molecule has 0 atom stereocenters. The molecule has 3 aromatic rings. The fourth-order valence-electron chi connectivity index (χ4n) is 2.49. The number of nitrogens with zero attached hydrogens (tertiary/aromatic N) is 3. The second-order valence-electron chi connectivity index (χ2n) is 5.69. The summed E-state index contributed by atoms with van der Waals surface area (Å²) in [6.07, 6.45) is 5.25. The standard InChI is InChI=1S/C21H20N6S/c22-16-25-21(27-18-10-12-23-13-11-18)24-14-15-26-28-20-9-5-4-8-19(20)17-6-2-1-3-7-17/h1-13,26H,14-15H2,(H2,23,24,25,27). The van der Waals surface area contributed by atoms with Crippen molar-refractivity contribution in [3.05, 3.63) is 79.1 Å². The number of pyridine rings is 1. The number of rotatable bonds is 7. The molecular formula is C21H20N6S. The van der Waals surface area contributed by atoms with E-state index < -0.39 is 0 Å². The molecule has 0 saturated heterocycles.